The van der Waals surface area contributed by atoms with Gasteiger partial charge in [-0.15, -0.1) is 0 Å². The molecule has 2 heterocycles. The number of nitrogens with one attached hydrogen (secondary N) is 2. The Kier molecular flexibility index (Phi) is 2.47. The molecule has 2 aromatic rings. The van der Waals surface area contributed by atoms with Crippen LogP contribution in [0.5, 0.6) is 0 Å². The van der Waals surface area contributed by atoms with Crippen LogP contribution in [0.3, 0.4) is 0 Å². The second kappa shape index (κ2) is 4.12. The van der Waals surface area contributed by atoms with Crippen LogP contribution in [0, 0.1) is 0 Å². The summed E-state index contributed by atoms with van der Waals surface area (Å²) >= 11 is 0. The zero-order chi connectivity index (χ0) is 11.7. The minimum Gasteiger partial charge on any atom is -0.304 e. The molecule has 2 aromatic heterocycles. The van der Waals surface area contributed by atoms with Crippen LogP contribution in [0.25, 0.3) is 11.6 Å². The molecule has 3 rings (SSSR count). The standard InChI is InChI=1S/C11H13N5O/c17-11-7-4-2-1-3-5-8(7)14-10(15-11)9-12-6-13-16-9/h6H,1-5H2,(H,12,13,16)(H,14,15,17). The highest BCUT2D eigenvalue weighted by molar-refractivity contribution is 5.42. The molecule has 6 nitrogen and oxygen atoms in total. The molecule has 0 aromatic carbocycles. The quantitative estimate of drug-likeness (QED) is 0.711. The molecule has 0 spiro atoms. The lowest BCUT2D eigenvalue weighted by atomic mass is 10.1. The second-order valence-corrected chi connectivity index (χ2v) is 4.23. The van der Waals surface area contributed by atoms with Crippen molar-refractivity contribution in [3.05, 3.63) is 27.9 Å². The maximum absolute atomic E-state index is 12.0. The predicted molar refractivity (Wildman–Crippen MR) is 61.5 cm³/mol. The van der Waals surface area contributed by atoms with Gasteiger partial charge in [-0.25, -0.2) is 9.97 Å². The van der Waals surface area contributed by atoms with Gasteiger partial charge in [-0.05, 0) is 25.7 Å². The van der Waals surface area contributed by atoms with E-state index in [9.17, 15) is 4.79 Å². The summed E-state index contributed by atoms with van der Waals surface area (Å²) in [7, 11) is 0. The zero-order valence-electron chi connectivity index (χ0n) is 9.36. The molecule has 0 saturated heterocycles. The first kappa shape index (κ1) is 10.2. The number of H-pyrrole nitrogens is 2. The summed E-state index contributed by atoms with van der Waals surface area (Å²) in [5.74, 6) is 0.988. The molecule has 6 heteroatoms. The van der Waals surface area contributed by atoms with E-state index >= 15 is 0 Å². The van der Waals surface area contributed by atoms with E-state index in [0.717, 1.165) is 43.4 Å². The van der Waals surface area contributed by atoms with E-state index in [1.165, 1.54) is 6.33 Å². The van der Waals surface area contributed by atoms with Crippen LogP contribution >= 0.6 is 0 Å². The lowest BCUT2D eigenvalue weighted by Crippen LogP contribution is -2.18. The molecule has 0 atom stereocenters. The minimum absolute atomic E-state index is 0.0386. The van der Waals surface area contributed by atoms with Crippen LogP contribution in [-0.4, -0.2) is 25.1 Å². The van der Waals surface area contributed by atoms with Crippen LogP contribution in [0.2, 0.25) is 0 Å². The van der Waals surface area contributed by atoms with Crippen LogP contribution in [0.4, 0.5) is 0 Å². The second-order valence-electron chi connectivity index (χ2n) is 4.23. The first-order valence-electron chi connectivity index (χ1n) is 5.82. The molecule has 0 aliphatic heterocycles. The topological polar surface area (TPSA) is 87.3 Å². The molecule has 0 unspecified atom stereocenters. The van der Waals surface area contributed by atoms with Gasteiger partial charge >= 0.3 is 0 Å². The van der Waals surface area contributed by atoms with Gasteiger partial charge in [0, 0.05) is 5.56 Å². The predicted octanol–water partition coefficient (Wildman–Crippen LogP) is 0.824. The van der Waals surface area contributed by atoms with Crippen molar-refractivity contribution in [3.63, 3.8) is 0 Å². The average molecular weight is 231 g/mol. The first-order chi connectivity index (χ1) is 8.34. The van der Waals surface area contributed by atoms with Gasteiger partial charge in [0.1, 0.15) is 6.33 Å². The number of aromatic amines is 2. The number of rotatable bonds is 1. The van der Waals surface area contributed by atoms with Gasteiger partial charge in [0.2, 0.25) is 0 Å². The molecule has 88 valence electrons. The Balaban J connectivity index is 2.12. The molecule has 1 aliphatic carbocycles. The molecule has 0 saturated carbocycles. The van der Waals surface area contributed by atoms with E-state index in [0.29, 0.717) is 11.6 Å². The largest absolute Gasteiger partial charge is 0.304 e. The lowest BCUT2D eigenvalue weighted by Gasteiger charge is -2.05. The Morgan fingerprint density at radius 3 is 2.82 bits per heavy atom. The summed E-state index contributed by atoms with van der Waals surface area (Å²) in [6.07, 6.45) is 6.43. The van der Waals surface area contributed by atoms with Crippen molar-refractivity contribution in [1.29, 1.82) is 0 Å². The number of aromatic nitrogens is 5. The Morgan fingerprint density at radius 1 is 1.12 bits per heavy atom. The average Bonchev–Trinajstić information content (AvgIpc) is 2.75. The summed E-state index contributed by atoms with van der Waals surface area (Å²) < 4.78 is 0. The van der Waals surface area contributed by atoms with Gasteiger partial charge in [-0.2, -0.15) is 5.10 Å². The molecule has 2 N–H and O–H groups in total. The number of fused-ring (bicyclic) bond motifs is 1. The van der Waals surface area contributed by atoms with Gasteiger partial charge in [-0.3, -0.25) is 9.89 Å². The monoisotopic (exact) mass is 231 g/mol. The smallest absolute Gasteiger partial charge is 0.254 e. The van der Waals surface area contributed by atoms with E-state index in [-0.39, 0.29) is 5.56 Å². The van der Waals surface area contributed by atoms with Crippen LogP contribution < -0.4 is 5.56 Å². The third-order valence-corrected chi connectivity index (χ3v) is 3.08. The highest BCUT2D eigenvalue weighted by atomic mass is 16.1. The number of hydrogen-bond acceptors (Lipinski definition) is 4. The van der Waals surface area contributed by atoms with E-state index < -0.39 is 0 Å². The summed E-state index contributed by atoms with van der Waals surface area (Å²) in [5.41, 5.74) is 1.71. The SMILES string of the molecule is O=c1[nH]c(-c2ncn[nH]2)nc2c1CCCCC2. The first-order valence-corrected chi connectivity index (χ1v) is 5.82. The minimum atomic E-state index is -0.0386. The van der Waals surface area contributed by atoms with Crippen LogP contribution in [0.15, 0.2) is 11.1 Å². The van der Waals surface area contributed by atoms with Gasteiger partial charge in [0.05, 0.1) is 5.69 Å². The van der Waals surface area contributed by atoms with E-state index in [1.807, 2.05) is 0 Å². The Morgan fingerprint density at radius 2 is 2.00 bits per heavy atom. The van der Waals surface area contributed by atoms with Crippen molar-refractivity contribution in [1.82, 2.24) is 25.1 Å². The fourth-order valence-electron chi connectivity index (χ4n) is 2.21. The van der Waals surface area contributed by atoms with E-state index in [4.69, 9.17) is 0 Å². The van der Waals surface area contributed by atoms with Gasteiger partial charge in [0.15, 0.2) is 11.6 Å². The molecule has 0 amide bonds. The number of nitrogens with zero attached hydrogens (tertiary/aromatic N) is 3. The number of hydrogen-bond donors (Lipinski definition) is 2. The molecule has 1 aliphatic rings. The third-order valence-electron chi connectivity index (χ3n) is 3.08. The molecule has 17 heavy (non-hydrogen) atoms. The molecule has 0 radical (unpaired) electrons. The van der Waals surface area contributed by atoms with Crippen molar-refractivity contribution < 1.29 is 0 Å². The normalized spacial score (nSPS) is 15.3. The highest BCUT2D eigenvalue weighted by Crippen LogP contribution is 2.17. The van der Waals surface area contributed by atoms with Crippen molar-refractivity contribution in [2.75, 3.05) is 0 Å². The Bertz CT molecular complexity index is 572. The van der Waals surface area contributed by atoms with E-state index in [1.54, 1.807) is 0 Å². The molecule has 0 fully saturated rings. The Hall–Kier alpha value is -1.98. The van der Waals surface area contributed by atoms with Crippen molar-refractivity contribution in [2.24, 2.45) is 0 Å². The van der Waals surface area contributed by atoms with Gasteiger partial charge in [-0.1, -0.05) is 6.42 Å². The molecule has 0 bridgehead atoms. The van der Waals surface area contributed by atoms with Crippen molar-refractivity contribution in [3.8, 4) is 11.6 Å². The summed E-state index contributed by atoms with van der Waals surface area (Å²) in [4.78, 5) is 23.2. The maximum atomic E-state index is 12.0. The molecular formula is C11H13N5O. The lowest BCUT2D eigenvalue weighted by molar-refractivity contribution is 0.708. The number of aryl methyl sites for hydroxylation is 1. The third kappa shape index (κ3) is 1.86. The van der Waals surface area contributed by atoms with Crippen LogP contribution in [0.1, 0.15) is 30.5 Å². The van der Waals surface area contributed by atoms with Crippen LogP contribution in [-0.2, 0) is 12.8 Å². The zero-order valence-corrected chi connectivity index (χ0v) is 9.36. The Labute approximate surface area is 97.5 Å². The fourth-order valence-corrected chi connectivity index (χ4v) is 2.21. The fraction of sp³-hybridized carbons (Fsp3) is 0.455. The summed E-state index contributed by atoms with van der Waals surface area (Å²) in [5, 5.41) is 6.47. The molecular weight excluding hydrogens is 218 g/mol. The van der Waals surface area contributed by atoms with Gasteiger partial charge in [0.25, 0.3) is 5.56 Å². The summed E-state index contributed by atoms with van der Waals surface area (Å²) in [6.45, 7) is 0. The van der Waals surface area contributed by atoms with Crippen molar-refractivity contribution >= 4 is 0 Å². The van der Waals surface area contributed by atoms with Crippen molar-refractivity contribution in [2.45, 2.75) is 32.1 Å². The van der Waals surface area contributed by atoms with E-state index in [2.05, 4.69) is 25.1 Å². The summed E-state index contributed by atoms with van der Waals surface area (Å²) in [6, 6.07) is 0. The highest BCUT2D eigenvalue weighted by Gasteiger charge is 2.15. The maximum Gasteiger partial charge on any atom is 0.254 e. The van der Waals surface area contributed by atoms with Gasteiger partial charge < -0.3 is 4.98 Å².